The molecule has 0 bridgehead atoms. The van der Waals surface area contributed by atoms with Gasteiger partial charge in [0.2, 0.25) is 0 Å². The molecule has 0 saturated carbocycles. The Morgan fingerprint density at radius 3 is 2.06 bits per heavy atom. The minimum Gasteiger partial charge on any atom is -0.397 e. The van der Waals surface area contributed by atoms with Crippen LogP contribution in [-0.2, 0) is 0 Å². The second-order valence-electron chi connectivity index (χ2n) is 3.13. The molecule has 1 rings (SSSR count). The molecule has 2 amide bonds. The van der Waals surface area contributed by atoms with Crippen molar-refractivity contribution in [3.63, 3.8) is 0 Å². The van der Waals surface area contributed by atoms with Crippen molar-refractivity contribution < 1.29 is 14.7 Å². The van der Waals surface area contributed by atoms with E-state index in [-0.39, 0.29) is 11.1 Å². The van der Waals surface area contributed by atoms with Crippen LogP contribution >= 0.6 is 67.8 Å². The molecular weight excluding hydrogens is 579 g/mol. The van der Waals surface area contributed by atoms with Crippen LogP contribution in [0.5, 0.6) is 0 Å². The summed E-state index contributed by atoms with van der Waals surface area (Å²) in [5.41, 5.74) is 11.9. The van der Waals surface area contributed by atoms with Crippen LogP contribution in [0.2, 0.25) is 0 Å². The number of hydrogen-bond donors (Lipinski definition) is 4. The molecule has 6 N–H and O–H groups in total. The predicted molar refractivity (Wildman–Crippen MR) is 92.1 cm³/mol. The summed E-state index contributed by atoms with van der Waals surface area (Å²) in [6.45, 7) is -0.497. The number of nitrogens with two attached hydrogens (primary N) is 2. The second-order valence-corrected chi connectivity index (χ2v) is 6.37. The Morgan fingerprint density at radius 1 is 1.11 bits per heavy atom. The van der Waals surface area contributed by atoms with E-state index in [0.29, 0.717) is 16.4 Å². The first-order valence-corrected chi connectivity index (χ1v) is 7.71. The highest BCUT2D eigenvalue weighted by Gasteiger charge is 2.25. The number of benzene rings is 1. The fourth-order valence-corrected chi connectivity index (χ4v) is 5.45. The molecule has 0 aliphatic rings. The van der Waals surface area contributed by atoms with Gasteiger partial charge in [-0.05, 0) is 67.8 Å². The van der Waals surface area contributed by atoms with Gasteiger partial charge in [-0.3, -0.25) is 9.59 Å². The first-order chi connectivity index (χ1) is 8.32. The van der Waals surface area contributed by atoms with Crippen LogP contribution in [0.4, 0.5) is 5.69 Å². The van der Waals surface area contributed by atoms with E-state index in [0.717, 1.165) is 0 Å². The van der Waals surface area contributed by atoms with Crippen molar-refractivity contribution >= 4 is 85.3 Å². The number of rotatable bonds is 3. The maximum atomic E-state index is 11.8. The van der Waals surface area contributed by atoms with Gasteiger partial charge in [0.05, 0.1) is 24.0 Å². The average Bonchev–Trinajstić information content (AvgIpc) is 2.26. The Kier molecular flexibility index (Phi) is 5.85. The van der Waals surface area contributed by atoms with Crippen molar-refractivity contribution in [3.05, 3.63) is 21.8 Å². The van der Waals surface area contributed by atoms with E-state index in [4.69, 9.17) is 16.6 Å². The van der Waals surface area contributed by atoms with Crippen LogP contribution in [0, 0.1) is 10.7 Å². The zero-order valence-corrected chi connectivity index (χ0v) is 15.2. The first kappa shape index (κ1) is 16.2. The number of nitrogen functional groups attached to an aromatic ring is 1. The molecule has 0 radical (unpaired) electrons. The number of hydrogen-bond acceptors (Lipinski definition) is 4. The number of carbonyl (C=O) groups is 2. The molecule has 0 unspecified atom stereocenters. The highest BCUT2D eigenvalue weighted by molar-refractivity contribution is 14.1. The minimum absolute atomic E-state index is 0.220. The Labute approximate surface area is 144 Å². The number of amides is 2. The van der Waals surface area contributed by atoms with Gasteiger partial charge in [-0.25, -0.2) is 0 Å². The van der Waals surface area contributed by atoms with Crippen molar-refractivity contribution in [3.8, 4) is 0 Å². The lowest BCUT2D eigenvalue weighted by atomic mass is 10.1. The Morgan fingerprint density at radius 2 is 1.61 bits per heavy atom. The van der Waals surface area contributed by atoms with Gasteiger partial charge >= 0.3 is 0 Å². The second kappa shape index (κ2) is 6.51. The molecule has 9 heteroatoms. The van der Waals surface area contributed by atoms with Gasteiger partial charge in [-0.2, -0.15) is 0 Å². The molecule has 0 aromatic heterocycles. The van der Waals surface area contributed by atoms with Gasteiger partial charge < -0.3 is 21.9 Å². The van der Waals surface area contributed by atoms with Crippen LogP contribution in [0.3, 0.4) is 0 Å². The summed E-state index contributed by atoms with van der Waals surface area (Å²) in [6, 6.07) is 0. The largest absolute Gasteiger partial charge is 0.397 e. The number of nitrogens with one attached hydrogen (secondary N) is 1. The summed E-state index contributed by atoms with van der Waals surface area (Å²) in [7, 11) is 0. The standard InChI is InChI=1S/C9H8I3N3O3/c10-4-2(8(14)17)5(11)7(13)6(12)3(4)9(18)15-1-16/h16H,1,13H2,(H2,14,17)(H,15,18). The lowest BCUT2D eigenvalue weighted by Gasteiger charge is -2.14. The SMILES string of the molecule is NC(=O)c1c(I)c(N)c(I)c(C(=O)NCO)c1I. The van der Waals surface area contributed by atoms with Gasteiger partial charge in [-0.15, -0.1) is 0 Å². The number of anilines is 1. The van der Waals surface area contributed by atoms with Crippen LogP contribution in [0.1, 0.15) is 20.7 Å². The van der Waals surface area contributed by atoms with Crippen LogP contribution in [0.25, 0.3) is 0 Å². The molecule has 6 nitrogen and oxygen atoms in total. The Balaban J connectivity index is 3.62. The number of aliphatic hydroxyl groups is 1. The molecule has 0 fully saturated rings. The van der Waals surface area contributed by atoms with Crippen molar-refractivity contribution in [1.29, 1.82) is 0 Å². The maximum absolute atomic E-state index is 11.8. The molecule has 98 valence electrons. The van der Waals surface area contributed by atoms with Crippen molar-refractivity contribution in [2.45, 2.75) is 0 Å². The lowest BCUT2D eigenvalue weighted by molar-refractivity contribution is 0.0908. The monoisotopic (exact) mass is 587 g/mol. The topological polar surface area (TPSA) is 118 Å². The van der Waals surface area contributed by atoms with E-state index in [1.807, 2.05) is 67.8 Å². The van der Waals surface area contributed by atoms with E-state index < -0.39 is 18.5 Å². The molecule has 0 spiro atoms. The highest BCUT2D eigenvalue weighted by atomic mass is 127. The smallest absolute Gasteiger partial charge is 0.255 e. The molecule has 0 aliphatic heterocycles. The van der Waals surface area contributed by atoms with Crippen LogP contribution < -0.4 is 16.8 Å². The normalized spacial score (nSPS) is 10.2. The molecule has 0 saturated heterocycles. The number of carbonyl (C=O) groups excluding carboxylic acids is 2. The van der Waals surface area contributed by atoms with Gasteiger partial charge in [0, 0.05) is 3.57 Å². The molecule has 1 aromatic carbocycles. The van der Waals surface area contributed by atoms with E-state index in [9.17, 15) is 9.59 Å². The fraction of sp³-hybridized carbons (Fsp3) is 0.111. The van der Waals surface area contributed by atoms with Gasteiger partial charge in [0.15, 0.2) is 0 Å². The summed E-state index contributed by atoms with van der Waals surface area (Å²) in [4.78, 5) is 23.2. The number of aliphatic hydroxyl groups excluding tert-OH is 1. The van der Waals surface area contributed by atoms with Crippen LogP contribution in [-0.4, -0.2) is 23.7 Å². The van der Waals surface area contributed by atoms with E-state index in [1.54, 1.807) is 0 Å². The quantitative estimate of drug-likeness (QED) is 0.239. The Bertz CT molecular complexity index is 534. The maximum Gasteiger partial charge on any atom is 0.255 e. The van der Waals surface area contributed by atoms with Crippen LogP contribution in [0.15, 0.2) is 0 Å². The van der Waals surface area contributed by atoms with Gasteiger partial charge in [-0.1, -0.05) is 0 Å². The predicted octanol–water partition coefficient (Wildman–Crippen LogP) is 0.861. The average molecular weight is 587 g/mol. The summed E-state index contributed by atoms with van der Waals surface area (Å²) < 4.78 is 1.47. The number of primary amides is 1. The first-order valence-electron chi connectivity index (χ1n) is 4.47. The summed E-state index contributed by atoms with van der Waals surface area (Å²) in [6.07, 6.45) is 0. The Hall–Kier alpha value is 0.110. The number of halogens is 3. The van der Waals surface area contributed by atoms with E-state index in [1.165, 1.54) is 0 Å². The van der Waals surface area contributed by atoms with Gasteiger partial charge in [0.1, 0.15) is 6.73 Å². The third kappa shape index (κ3) is 2.98. The third-order valence-corrected chi connectivity index (χ3v) is 5.38. The summed E-state index contributed by atoms with van der Waals surface area (Å²) >= 11 is 5.71. The molecule has 0 atom stereocenters. The zero-order valence-electron chi connectivity index (χ0n) is 8.76. The van der Waals surface area contributed by atoms with Crippen molar-refractivity contribution in [2.24, 2.45) is 5.73 Å². The van der Waals surface area contributed by atoms with Crippen molar-refractivity contribution in [1.82, 2.24) is 5.32 Å². The molecule has 18 heavy (non-hydrogen) atoms. The molecule has 1 aromatic rings. The molecule has 0 aliphatic carbocycles. The van der Waals surface area contributed by atoms with E-state index >= 15 is 0 Å². The van der Waals surface area contributed by atoms with E-state index in [2.05, 4.69) is 5.32 Å². The molecule has 0 heterocycles. The van der Waals surface area contributed by atoms with Gasteiger partial charge in [0.25, 0.3) is 11.8 Å². The lowest BCUT2D eigenvalue weighted by Crippen LogP contribution is -2.28. The zero-order chi connectivity index (χ0) is 14.0. The third-order valence-electron chi connectivity index (χ3n) is 2.06. The highest BCUT2D eigenvalue weighted by Crippen LogP contribution is 2.33. The molecular formula is C9H8I3N3O3. The minimum atomic E-state index is -0.648. The summed E-state index contributed by atoms with van der Waals surface area (Å²) in [5.74, 6) is -1.15. The fourth-order valence-electron chi connectivity index (χ4n) is 1.26. The van der Waals surface area contributed by atoms with Crippen molar-refractivity contribution in [2.75, 3.05) is 12.5 Å². The summed E-state index contributed by atoms with van der Waals surface area (Å²) in [5, 5.41) is 11.0.